The van der Waals surface area contributed by atoms with Crippen LogP contribution in [0.3, 0.4) is 0 Å². The molecular formula is C24H31N3O4. The lowest BCUT2D eigenvalue weighted by Crippen LogP contribution is -2.56. The van der Waals surface area contributed by atoms with Gasteiger partial charge in [-0.2, -0.15) is 0 Å². The summed E-state index contributed by atoms with van der Waals surface area (Å²) in [5, 5.41) is 5.83. The van der Waals surface area contributed by atoms with E-state index in [1.54, 1.807) is 14.2 Å². The van der Waals surface area contributed by atoms with Gasteiger partial charge in [-0.3, -0.25) is 14.5 Å². The van der Waals surface area contributed by atoms with Crippen LogP contribution in [0.15, 0.2) is 48.5 Å². The van der Waals surface area contributed by atoms with Gasteiger partial charge in [-0.1, -0.05) is 36.4 Å². The Kier molecular flexibility index (Phi) is 8.29. The third-order valence-electron chi connectivity index (χ3n) is 5.46. The summed E-state index contributed by atoms with van der Waals surface area (Å²) in [6, 6.07) is 15.4. The summed E-state index contributed by atoms with van der Waals surface area (Å²) in [6.45, 7) is 2.41. The first-order valence-corrected chi connectivity index (χ1v) is 10.6. The Labute approximate surface area is 183 Å². The Bertz CT molecular complexity index is 872. The SMILES string of the molecule is COc1ccc(CN2CCNC(=O)C2CC(=O)NCCCc2ccccc2)cc1OC. The zero-order chi connectivity index (χ0) is 22.1. The van der Waals surface area contributed by atoms with Crippen molar-refractivity contribution in [3.63, 3.8) is 0 Å². The van der Waals surface area contributed by atoms with E-state index in [9.17, 15) is 9.59 Å². The van der Waals surface area contributed by atoms with Crippen LogP contribution in [-0.4, -0.2) is 56.6 Å². The molecule has 2 N–H and O–H groups in total. The minimum Gasteiger partial charge on any atom is -0.493 e. The highest BCUT2D eigenvalue weighted by molar-refractivity contribution is 5.88. The van der Waals surface area contributed by atoms with Gasteiger partial charge in [0.2, 0.25) is 11.8 Å². The maximum atomic E-state index is 12.5. The standard InChI is InChI=1S/C24H31N3O4/c1-30-21-11-10-19(15-22(21)31-2)17-27-14-13-26-24(29)20(27)16-23(28)25-12-6-9-18-7-4-3-5-8-18/h3-5,7-8,10-11,15,20H,6,9,12-14,16-17H2,1-2H3,(H,25,28)(H,26,29). The molecule has 7 nitrogen and oxygen atoms in total. The molecule has 1 fully saturated rings. The van der Waals surface area contributed by atoms with Crippen LogP contribution in [0.1, 0.15) is 24.0 Å². The number of amides is 2. The number of carbonyl (C=O) groups excluding carboxylic acids is 2. The fourth-order valence-electron chi connectivity index (χ4n) is 3.80. The van der Waals surface area contributed by atoms with Crippen LogP contribution >= 0.6 is 0 Å². The van der Waals surface area contributed by atoms with Gasteiger partial charge in [-0.15, -0.1) is 0 Å². The molecule has 0 radical (unpaired) electrons. The number of ether oxygens (including phenoxy) is 2. The van der Waals surface area contributed by atoms with Gasteiger partial charge in [-0.05, 0) is 36.1 Å². The predicted octanol–water partition coefficient (Wildman–Crippen LogP) is 2.14. The topological polar surface area (TPSA) is 79.9 Å². The highest BCUT2D eigenvalue weighted by Crippen LogP contribution is 2.28. The number of benzene rings is 2. The molecule has 0 aromatic heterocycles. The van der Waals surface area contributed by atoms with Gasteiger partial charge in [0.1, 0.15) is 0 Å². The van der Waals surface area contributed by atoms with E-state index in [1.807, 2.05) is 41.3 Å². The minimum absolute atomic E-state index is 0.104. The summed E-state index contributed by atoms with van der Waals surface area (Å²) in [5.74, 6) is 1.10. The van der Waals surface area contributed by atoms with Crippen molar-refractivity contribution in [3.05, 3.63) is 59.7 Å². The summed E-state index contributed by atoms with van der Waals surface area (Å²) in [5.41, 5.74) is 2.25. The Balaban J connectivity index is 1.54. The number of carbonyl (C=O) groups is 2. The van der Waals surface area contributed by atoms with Crippen molar-refractivity contribution in [1.29, 1.82) is 0 Å². The lowest BCUT2D eigenvalue weighted by Gasteiger charge is -2.34. The molecule has 0 saturated carbocycles. The molecule has 0 aliphatic carbocycles. The summed E-state index contributed by atoms with van der Waals surface area (Å²) in [6.07, 6.45) is 1.92. The molecule has 1 heterocycles. The van der Waals surface area contributed by atoms with Crippen molar-refractivity contribution in [3.8, 4) is 11.5 Å². The van der Waals surface area contributed by atoms with Gasteiger partial charge in [0.25, 0.3) is 0 Å². The van der Waals surface area contributed by atoms with Gasteiger partial charge in [0.15, 0.2) is 11.5 Å². The average Bonchev–Trinajstić information content (AvgIpc) is 2.79. The lowest BCUT2D eigenvalue weighted by molar-refractivity contribution is -0.134. The van der Waals surface area contributed by atoms with Crippen LogP contribution in [0.25, 0.3) is 0 Å². The molecule has 2 aromatic carbocycles. The van der Waals surface area contributed by atoms with E-state index in [0.717, 1.165) is 18.4 Å². The van der Waals surface area contributed by atoms with Crippen LogP contribution in [0.4, 0.5) is 0 Å². The van der Waals surface area contributed by atoms with E-state index >= 15 is 0 Å². The third-order valence-corrected chi connectivity index (χ3v) is 5.46. The summed E-state index contributed by atoms with van der Waals surface area (Å²) < 4.78 is 10.7. The van der Waals surface area contributed by atoms with Crippen LogP contribution in [0, 0.1) is 0 Å². The number of rotatable bonds is 10. The summed E-state index contributed by atoms with van der Waals surface area (Å²) >= 11 is 0. The average molecular weight is 426 g/mol. The summed E-state index contributed by atoms with van der Waals surface area (Å²) in [4.78, 5) is 27.0. The fraction of sp³-hybridized carbons (Fsp3) is 0.417. The van der Waals surface area contributed by atoms with Gasteiger partial charge in [0.05, 0.1) is 26.7 Å². The Morgan fingerprint density at radius 2 is 1.87 bits per heavy atom. The highest BCUT2D eigenvalue weighted by Gasteiger charge is 2.31. The molecule has 7 heteroatoms. The molecule has 1 unspecified atom stereocenters. The Hall–Kier alpha value is -3.06. The number of hydrogen-bond acceptors (Lipinski definition) is 5. The number of piperazine rings is 1. The van der Waals surface area contributed by atoms with Crippen LogP contribution < -0.4 is 20.1 Å². The predicted molar refractivity (Wildman–Crippen MR) is 119 cm³/mol. The molecule has 2 amide bonds. The van der Waals surface area contributed by atoms with Crippen molar-refractivity contribution in [2.45, 2.75) is 31.8 Å². The molecule has 0 bridgehead atoms. The van der Waals surface area contributed by atoms with Crippen molar-refractivity contribution in [2.24, 2.45) is 0 Å². The van der Waals surface area contributed by atoms with Crippen molar-refractivity contribution in [1.82, 2.24) is 15.5 Å². The van der Waals surface area contributed by atoms with E-state index in [-0.39, 0.29) is 18.2 Å². The number of hydrogen-bond donors (Lipinski definition) is 2. The van der Waals surface area contributed by atoms with Crippen LogP contribution in [0.2, 0.25) is 0 Å². The molecule has 31 heavy (non-hydrogen) atoms. The second kappa shape index (κ2) is 11.4. The minimum atomic E-state index is -0.490. The monoisotopic (exact) mass is 425 g/mol. The van der Waals surface area contributed by atoms with Crippen LogP contribution in [0.5, 0.6) is 11.5 Å². The molecule has 1 atom stereocenters. The maximum absolute atomic E-state index is 12.5. The molecule has 1 saturated heterocycles. The third kappa shape index (κ3) is 6.46. The van der Waals surface area contributed by atoms with Gasteiger partial charge in [0, 0.05) is 26.2 Å². The molecule has 2 aromatic rings. The first-order chi connectivity index (χ1) is 15.1. The van der Waals surface area contributed by atoms with Crippen LogP contribution in [-0.2, 0) is 22.6 Å². The molecule has 1 aliphatic rings. The van der Waals surface area contributed by atoms with E-state index in [4.69, 9.17) is 9.47 Å². The summed E-state index contributed by atoms with van der Waals surface area (Å²) in [7, 11) is 3.20. The first kappa shape index (κ1) is 22.6. The zero-order valence-corrected chi connectivity index (χ0v) is 18.2. The fourth-order valence-corrected chi connectivity index (χ4v) is 3.80. The highest BCUT2D eigenvalue weighted by atomic mass is 16.5. The molecule has 1 aliphatic heterocycles. The zero-order valence-electron chi connectivity index (χ0n) is 18.2. The quantitative estimate of drug-likeness (QED) is 0.570. The molecule has 166 valence electrons. The molecule has 0 spiro atoms. The van der Waals surface area contributed by atoms with Crippen molar-refractivity contribution < 1.29 is 19.1 Å². The smallest absolute Gasteiger partial charge is 0.237 e. The molecule has 3 rings (SSSR count). The first-order valence-electron chi connectivity index (χ1n) is 10.6. The number of aryl methyl sites for hydroxylation is 1. The number of nitrogens with one attached hydrogen (secondary N) is 2. The maximum Gasteiger partial charge on any atom is 0.237 e. The van der Waals surface area contributed by atoms with E-state index in [2.05, 4.69) is 22.8 Å². The lowest BCUT2D eigenvalue weighted by atomic mass is 10.1. The number of methoxy groups -OCH3 is 2. The van der Waals surface area contributed by atoms with Gasteiger partial charge >= 0.3 is 0 Å². The second-order valence-corrected chi connectivity index (χ2v) is 7.61. The van der Waals surface area contributed by atoms with Crippen molar-refractivity contribution in [2.75, 3.05) is 33.9 Å². The second-order valence-electron chi connectivity index (χ2n) is 7.61. The van der Waals surface area contributed by atoms with Gasteiger partial charge in [-0.25, -0.2) is 0 Å². The Morgan fingerprint density at radius 1 is 1.10 bits per heavy atom. The van der Waals surface area contributed by atoms with Crippen molar-refractivity contribution >= 4 is 11.8 Å². The Morgan fingerprint density at radius 3 is 2.61 bits per heavy atom. The van der Waals surface area contributed by atoms with E-state index < -0.39 is 6.04 Å². The van der Waals surface area contributed by atoms with Gasteiger partial charge < -0.3 is 20.1 Å². The number of nitrogens with zero attached hydrogens (tertiary/aromatic N) is 1. The van der Waals surface area contributed by atoms with E-state index in [1.165, 1.54) is 5.56 Å². The largest absolute Gasteiger partial charge is 0.493 e. The van der Waals surface area contributed by atoms with E-state index in [0.29, 0.717) is 37.7 Å². The molecular weight excluding hydrogens is 394 g/mol. The normalized spacial score (nSPS) is 16.5.